The smallest absolute Gasteiger partial charge is 0.254 e. The molecule has 0 saturated heterocycles. The van der Waals surface area contributed by atoms with Gasteiger partial charge < -0.3 is 4.90 Å². The van der Waals surface area contributed by atoms with Crippen LogP contribution in [0, 0.1) is 25.2 Å². The lowest BCUT2D eigenvalue weighted by atomic mass is 9.95. The minimum Gasteiger partial charge on any atom is -0.337 e. The highest BCUT2D eigenvalue weighted by Crippen LogP contribution is 2.19. The number of hydrogen-bond donors (Lipinski definition) is 0. The summed E-state index contributed by atoms with van der Waals surface area (Å²) in [4.78, 5) is 27.7. The second-order valence-corrected chi connectivity index (χ2v) is 7.15. The van der Waals surface area contributed by atoms with Crippen molar-refractivity contribution >= 4 is 11.7 Å². The van der Waals surface area contributed by atoms with Gasteiger partial charge in [-0.1, -0.05) is 42.5 Å². The van der Waals surface area contributed by atoms with E-state index < -0.39 is 0 Å². The van der Waals surface area contributed by atoms with E-state index in [2.05, 4.69) is 6.07 Å². The molecule has 0 aliphatic heterocycles. The van der Waals surface area contributed by atoms with Gasteiger partial charge in [0.1, 0.15) is 0 Å². The van der Waals surface area contributed by atoms with Crippen LogP contribution in [0.15, 0.2) is 66.7 Å². The van der Waals surface area contributed by atoms with Gasteiger partial charge in [-0.3, -0.25) is 9.59 Å². The van der Waals surface area contributed by atoms with Gasteiger partial charge in [0.25, 0.3) is 5.91 Å². The number of rotatable bonds is 5. The molecule has 29 heavy (non-hydrogen) atoms. The van der Waals surface area contributed by atoms with E-state index in [0.29, 0.717) is 28.8 Å². The summed E-state index contributed by atoms with van der Waals surface area (Å²) < 4.78 is 0. The van der Waals surface area contributed by atoms with Gasteiger partial charge in [0.2, 0.25) is 0 Å². The maximum Gasteiger partial charge on any atom is 0.254 e. The summed E-state index contributed by atoms with van der Waals surface area (Å²) in [5.74, 6) is -0.405. The molecule has 4 heteroatoms. The summed E-state index contributed by atoms with van der Waals surface area (Å²) in [5, 5.41) is 9.06. The standard InChI is InChI=1S/C25H22N2O2/c1-17-11-12-21(13-18(17)2)24(28)22-9-4-5-10-23(22)25(29)27(3)16-20-8-6-7-19(14-20)15-26/h4-14H,16H2,1-3H3. The molecule has 144 valence electrons. The van der Waals surface area contributed by atoms with Crippen LogP contribution in [0.25, 0.3) is 0 Å². The van der Waals surface area contributed by atoms with Gasteiger partial charge >= 0.3 is 0 Å². The first kappa shape index (κ1) is 20.0. The molecule has 3 rings (SSSR count). The number of nitrogens with zero attached hydrogens (tertiary/aromatic N) is 2. The van der Waals surface area contributed by atoms with E-state index in [1.807, 2.05) is 32.0 Å². The predicted octanol–water partition coefficient (Wildman–Crippen LogP) is 4.68. The zero-order valence-electron chi connectivity index (χ0n) is 16.8. The summed E-state index contributed by atoms with van der Waals surface area (Å²) in [5.41, 5.74) is 4.89. The first-order valence-electron chi connectivity index (χ1n) is 9.36. The SMILES string of the molecule is Cc1ccc(C(=O)c2ccccc2C(=O)N(C)Cc2cccc(C#N)c2)cc1C. The number of benzene rings is 3. The summed E-state index contributed by atoms with van der Waals surface area (Å²) in [7, 11) is 1.69. The Morgan fingerprint density at radius 3 is 2.31 bits per heavy atom. The molecular weight excluding hydrogens is 360 g/mol. The van der Waals surface area contributed by atoms with Gasteiger partial charge in [-0.15, -0.1) is 0 Å². The van der Waals surface area contributed by atoms with Gasteiger partial charge in [0.05, 0.1) is 17.2 Å². The quantitative estimate of drug-likeness (QED) is 0.602. The minimum atomic E-state index is -0.236. The fourth-order valence-corrected chi connectivity index (χ4v) is 3.20. The number of carbonyl (C=O) groups excluding carboxylic acids is 2. The van der Waals surface area contributed by atoms with E-state index in [9.17, 15) is 9.59 Å². The monoisotopic (exact) mass is 382 g/mol. The van der Waals surface area contributed by atoms with E-state index in [0.717, 1.165) is 16.7 Å². The molecule has 3 aromatic rings. The second-order valence-electron chi connectivity index (χ2n) is 7.15. The molecule has 0 radical (unpaired) electrons. The Morgan fingerprint density at radius 2 is 1.62 bits per heavy atom. The summed E-state index contributed by atoms with van der Waals surface area (Å²) in [6.07, 6.45) is 0. The van der Waals surface area contributed by atoms with Crippen LogP contribution in [0.2, 0.25) is 0 Å². The molecule has 0 saturated carbocycles. The Labute approximate surface area is 171 Å². The predicted molar refractivity (Wildman–Crippen MR) is 113 cm³/mol. The molecule has 0 heterocycles. The van der Waals surface area contributed by atoms with Gasteiger partial charge in [-0.05, 0) is 54.8 Å². The molecule has 0 fully saturated rings. The van der Waals surface area contributed by atoms with Crippen molar-refractivity contribution in [2.45, 2.75) is 20.4 Å². The summed E-state index contributed by atoms with van der Waals surface area (Å²) in [6.45, 7) is 4.31. The van der Waals surface area contributed by atoms with Crippen LogP contribution in [0.5, 0.6) is 0 Å². The van der Waals surface area contributed by atoms with Crippen molar-refractivity contribution in [1.29, 1.82) is 5.26 Å². The van der Waals surface area contributed by atoms with Crippen molar-refractivity contribution in [1.82, 2.24) is 4.90 Å². The fraction of sp³-hybridized carbons (Fsp3) is 0.160. The normalized spacial score (nSPS) is 10.3. The average molecular weight is 382 g/mol. The molecule has 0 atom stereocenters. The van der Waals surface area contributed by atoms with E-state index in [1.165, 1.54) is 0 Å². The number of ketones is 1. The fourth-order valence-electron chi connectivity index (χ4n) is 3.20. The number of amides is 1. The Bertz CT molecular complexity index is 1130. The zero-order valence-corrected chi connectivity index (χ0v) is 16.8. The molecule has 3 aromatic carbocycles. The lowest BCUT2D eigenvalue weighted by molar-refractivity contribution is 0.0780. The molecule has 0 spiro atoms. The number of aryl methyl sites for hydroxylation is 2. The Hall–Kier alpha value is -3.71. The largest absolute Gasteiger partial charge is 0.337 e. The van der Waals surface area contributed by atoms with Gasteiger partial charge in [-0.2, -0.15) is 5.26 Å². The van der Waals surface area contributed by atoms with Crippen molar-refractivity contribution in [2.75, 3.05) is 7.05 Å². The minimum absolute atomic E-state index is 0.170. The van der Waals surface area contributed by atoms with Crippen molar-refractivity contribution < 1.29 is 9.59 Å². The van der Waals surface area contributed by atoms with Crippen LogP contribution in [-0.2, 0) is 6.54 Å². The third-order valence-electron chi connectivity index (χ3n) is 4.99. The van der Waals surface area contributed by atoms with E-state index in [1.54, 1.807) is 60.5 Å². The van der Waals surface area contributed by atoms with Crippen LogP contribution in [0.1, 0.15) is 48.5 Å². The Morgan fingerprint density at radius 1 is 0.897 bits per heavy atom. The topological polar surface area (TPSA) is 61.2 Å². The molecule has 4 nitrogen and oxygen atoms in total. The van der Waals surface area contributed by atoms with Crippen LogP contribution in [0.3, 0.4) is 0 Å². The highest BCUT2D eigenvalue weighted by molar-refractivity contribution is 6.15. The first-order valence-corrected chi connectivity index (χ1v) is 9.36. The molecule has 0 aliphatic carbocycles. The van der Waals surface area contributed by atoms with Crippen molar-refractivity contribution in [3.05, 3.63) is 106 Å². The Balaban J connectivity index is 1.89. The van der Waals surface area contributed by atoms with Crippen LogP contribution < -0.4 is 0 Å². The molecule has 0 aliphatic rings. The lowest BCUT2D eigenvalue weighted by Gasteiger charge is -2.19. The third kappa shape index (κ3) is 4.41. The summed E-state index contributed by atoms with van der Waals surface area (Å²) >= 11 is 0. The lowest BCUT2D eigenvalue weighted by Crippen LogP contribution is -2.28. The van der Waals surface area contributed by atoms with Crippen LogP contribution in [-0.4, -0.2) is 23.6 Å². The molecule has 0 bridgehead atoms. The zero-order chi connectivity index (χ0) is 21.0. The highest BCUT2D eigenvalue weighted by Gasteiger charge is 2.21. The van der Waals surface area contributed by atoms with E-state index in [-0.39, 0.29) is 11.7 Å². The van der Waals surface area contributed by atoms with Crippen LogP contribution in [0.4, 0.5) is 0 Å². The molecule has 0 unspecified atom stereocenters. The molecular formula is C25H22N2O2. The summed E-state index contributed by atoms with van der Waals surface area (Å²) in [6, 6.07) is 21.7. The maximum absolute atomic E-state index is 13.1. The molecule has 0 aromatic heterocycles. The number of carbonyl (C=O) groups is 2. The second kappa shape index (κ2) is 8.53. The molecule has 0 N–H and O–H groups in total. The average Bonchev–Trinajstić information content (AvgIpc) is 2.74. The highest BCUT2D eigenvalue weighted by atomic mass is 16.2. The number of nitriles is 1. The van der Waals surface area contributed by atoms with Gasteiger partial charge in [0, 0.05) is 24.7 Å². The maximum atomic E-state index is 13.1. The molecule has 1 amide bonds. The van der Waals surface area contributed by atoms with Gasteiger partial charge in [-0.25, -0.2) is 0 Å². The van der Waals surface area contributed by atoms with Gasteiger partial charge in [0.15, 0.2) is 5.78 Å². The van der Waals surface area contributed by atoms with E-state index in [4.69, 9.17) is 5.26 Å². The third-order valence-corrected chi connectivity index (χ3v) is 4.99. The van der Waals surface area contributed by atoms with Crippen molar-refractivity contribution in [2.24, 2.45) is 0 Å². The first-order chi connectivity index (χ1) is 13.9. The Kier molecular flexibility index (Phi) is 5.90. The van der Waals surface area contributed by atoms with E-state index >= 15 is 0 Å². The van der Waals surface area contributed by atoms with Crippen molar-refractivity contribution in [3.8, 4) is 6.07 Å². The van der Waals surface area contributed by atoms with Crippen LogP contribution >= 0.6 is 0 Å². The number of hydrogen-bond acceptors (Lipinski definition) is 3. The van der Waals surface area contributed by atoms with Crippen molar-refractivity contribution in [3.63, 3.8) is 0 Å².